The second-order valence-electron chi connectivity index (χ2n) is 6.04. The molecule has 7 heteroatoms. The zero-order chi connectivity index (χ0) is 18.7. The third-order valence-corrected chi connectivity index (χ3v) is 3.37. The first-order chi connectivity index (χ1) is 11.9. The van der Waals surface area contributed by atoms with E-state index in [0.717, 1.165) is 12.1 Å². The number of benzene rings is 1. The fourth-order valence-corrected chi connectivity index (χ4v) is 2.25. The van der Waals surface area contributed by atoms with Crippen molar-refractivity contribution in [3.63, 3.8) is 0 Å². The maximum Gasteiger partial charge on any atom is 0.407 e. The molecule has 0 radical (unpaired) electrons. The Morgan fingerprint density at radius 3 is 2.48 bits per heavy atom. The number of hydrogen-bond donors (Lipinski definition) is 3. The fraction of sp³-hybridized carbons (Fsp3) is 0.500. The number of nitrogens with zero attached hydrogens (tertiary/aromatic N) is 1. The summed E-state index contributed by atoms with van der Waals surface area (Å²) in [5, 5.41) is 17.3. The van der Waals surface area contributed by atoms with E-state index >= 15 is 0 Å². The minimum absolute atomic E-state index is 0.111. The Labute approximate surface area is 148 Å². The smallest absolute Gasteiger partial charge is 0.407 e. The first kappa shape index (κ1) is 20.3. The van der Waals surface area contributed by atoms with Gasteiger partial charge in [-0.2, -0.15) is 5.26 Å². The molecule has 1 unspecified atom stereocenters. The van der Waals surface area contributed by atoms with Crippen LogP contribution in [-0.2, 0) is 9.53 Å². The molecule has 0 spiro atoms. The van der Waals surface area contributed by atoms with Gasteiger partial charge in [0.25, 0.3) is 0 Å². The van der Waals surface area contributed by atoms with Gasteiger partial charge in [-0.05, 0) is 43.5 Å². The quantitative estimate of drug-likeness (QED) is 0.636. The predicted molar refractivity (Wildman–Crippen MR) is 96.1 cm³/mol. The Bertz CT molecular complexity index is 593. The molecule has 0 bridgehead atoms. The molecular weight excluding hydrogens is 320 g/mol. The van der Waals surface area contributed by atoms with E-state index < -0.39 is 6.09 Å². The highest BCUT2D eigenvalue weighted by molar-refractivity contribution is 5.80. The van der Waals surface area contributed by atoms with Crippen LogP contribution in [0.5, 0.6) is 0 Å². The van der Waals surface area contributed by atoms with Crippen LogP contribution in [0.3, 0.4) is 0 Å². The first-order valence-electron chi connectivity index (χ1n) is 8.38. The molecule has 0 aliphatic carbocycles. The predicted octanol–water partition coefficient (Wildman–Crippen LogP) is 2.25. The average molecular weight is 346 g/mol. The maximum atomic E-state index is 12.0. The van der Waals surface area contributed by atoms with Crippen molar-refractivity contribution in [1.29, 1.82) is 5.26 Å². The molecule has 0 heterocycles. The van der Waals surface area contributed by atoms with Crippen LogP contribution in [-0.4, -0.2) is 37.7 Å². The van der Waals surface area contributed by atoms with Gasteiger partial charge in [0.1, 0.15) is 0 Å². The van der Waals surface area contributed by atoms with Crippen LogP contribution in [0.2, 0.25) is 0 Å². The van der Waals surface area contributed by atoms with Crippen LogP contribution < -0.4 is 16.0 Å². The van der Waals surface area contributed by atoms with E-state index in [1.54, 1.807) is 31.2 Å². The lowest BCUT2D eigenvalue weighted by Crippen LogP contribution is -2.45. The molecule has 7 nitrogen and oxygen atoms in total. The molecule has 0 aliphatic rings. The molecule has 0 aromatic heterocycles. The number of anilines is 1. The van der Waals surface area contributed by atoms with Crippen molar-refractivity contribution in [3.05, 3.63) is 29.8 Å². The number of alkyl carbamates (subject to hydrolysis) is 1. The van der Waals surface area contributed by atoms with Gasteiger partial charge in [0.2, 0.25) is 5.91 Å². The fourth-order valence-electron chi connectivity index (χ4n) is 2.25. The van der Waals surface area contributed by atoms with E-state index in [-0.39, 0.29) is 18.5 Å². The summed E-state index contributed by atoms with van der Waals surface area (Å²) in [4.78, 5) is 23.5. The molecule has 0 saturated heterocycles. The van der Waals surface area contributed by atoms with Crippen LogP contribution in [0.15, 0.2) is 24.3 Å². The summed E-state index contributed by atoms with van der Waals surface area (Å²) in [6.45, 7) is 6.60. The Hall–Kier alpha value is -2.75. The van der Waals surface area contributed by atoms with Gasteiger partial charge in [0, 0.05) is 18.3 Å². The van der Waals surface area contributed by atoms with Crippen LogP contribution in [0.25, 0.3) is 0 Å². The second kappa shape index (κ2) is 10.9. The second-order valence-corrected chi connectivity index (χ2v) is 6.04. The lowest BCUT2D eigenvalue weighted by Gasteiger charge is -2.21. The topological polar surface area (TPSA) is 103 Å². The summed E-state index contributed by atoms with van der Waals surface area (Å²) in [6.07, 6.45) is 0.264. The van der Waals surface area contributed by atoms with Crippen LogP contribution in [0.4, 0.5) is 10.5 Å². The minimum Gasteiger partial charge on any atom is -0.450 e. The highest BCUT2D eigenvalue weighted by Gasteiger charge is 2.15. The number of ether oxygens (including phenoxy) is 1. The molecule has 1 rings (SSSR count). The number of rotatable bonds is 9. The van der Waals surface area contributed by atoms with E-state index in [1.807, 2.05) is 19.9 Å². The van der Waals surface area contributed by atoms with E-state index in [9.17, 15) is 9.59 Å². The van der Waals surface area contributed by atoms with Crippen molar-refractivity contribution in [2.75, 3.05) is 25.0 Å². The lowest BCUT2D eigenvalue weighted by atomic mass is 10.0. The summed E-state index contributed by atoms with van der Waals surface area (Å²) >= 11 is 0. The van der Waals surface area contributed by atoms with Gasteiger partial charge in [0.05, 0.1) is 24.8 Å². The van der Waals surface area contributed by atoms with E-state index in [2.05, 4.69) is 16.0 Å². The van der Waals surface area contributed by atoms with Crippen molar-refractivity contribution in [1.82, 2.24) is 10.6 Å². The zero-order valence-electron chi connectivity index (χ0n) is 15.0. The normalized spacial score (nSPS) is 11.3. The molecule has 0 fully saturated rings. The summed E-state index contributed by atoms with van der Waals surface area (Å²) in [5.74, 6) is 0.198. The molecule has 1 aromatic carbocycles. The monoisotopic (exact) mass is 346 g/mol. The summed E-state index contributed by atoms with van der Waals surface area (Å²) in [6, 6.07) is 8.71. The number of nitrogens with one attached hydrogen (secondary N) is 3. The first-order valence-corrected chi connectivity index (χ1v) is 8.38. The number of carbonyl (C=O) groups excluding carboxylic acids is 2. The molecule has 1 atom stereocenters. The van der Waals surface area contributed by atoms with Crippen molar-refractivity contribution < 1.29 is 14.3 Å². The molecule has 2 amide bonds. The molecule has 136 valence electrons. The molecule has 3 N–H and O–H groups in total. The number of hydrogen-bond acceptors (Lipinski definition) is 5. The van der Waals surface area contributed by atoms with Gasteiger partial charge in [-0.25, -0.2) is 4.79 Å². The largest absolute Gasteiger partial charge is 0.450 e. The zero-order valence-corrected chi connectivity index (χ0v) is 15.0. The number of nitriles is 1. The maximum absolute atomic E-state index is 12.0. The summed E-state index contributed by atoms with van der Waals surface area (Å²) < 4.78 is 4.89. The van der Waals surface area contributed by atoms with Crippen LogP contribution >= 0.6 is 0 Å². The van der Waals surface area contributed by atoms with E-state index in [0.29, 0.717) is 24.6 Å². The Kier molecular flexibility index (Phi) is 8.86. The number of carbonyl (C=O) groups is 2. The lowest BCUT2D eigenvalue weighted by molar-refractivity contribution is -0.119. The third kappa shape index (κ3) is 8.61. The Morgan fingerprint density at radius 1 is 1.24 bits per heavy atom. The SMILES string of the molecule is CCOC(=O)NC(CNC(=O)CNc1ccc(C#N)cc1)CC(C)C. The van der Waals surface area contributed by atoms with Gasteiger partial charge in [-0.1, -0.05) is 13.8 Å². The van der Waals surface area contributed by atoms with Gasteiger partial charge < -0.3 is 20.7 Å². The van der Waals surface area contributed by atoms with Gasteiger partial charge in [-0.15, -0.1) is 0 Å². The van der Waals surface area contributed by atoms with Crippen molar-refractivity contribution >= 4 is 17.7 Å². The highest BCUT2D eigenvalue weighted by Crippen LogP contribution is 2.08. The molecule has 0 aliphatic heterocycles. The number of amides is 2. The third-order valence-electron chi connectivity index (χ3n) is 3.37. The summed E-state index contributed by atoms with van der Waals surface area (Å²) in [5.41, 5.74) is 1.33. The Morgan fingerprint density at radius 2 is 1.92 bits per heavy atom. The van der Waals surface area contributed by atoms with E-state index in [1.165, 1.54) is 0 Å². The van der Waals surface area contributed by atoms with Crippen molar-refractivity contribution in [2.24, 2.45) is 5.92 Å². The Balaban J connectivity index is 2.41. The van der Waals surface area contributed by atoms with Gasteiger partial charge in [0.15, 0.2) is 0 Å². The summed E-state index contributed by atoms with van der Waals surface area (Å²) in [7, 11) is 0. The van der Waals surface area contributed by atoms with Gasteiger partial charge in [-0.3, -0.25) is 4.79 Å². The standard InChI is InChI=1S/C18H26N4O3/c1-4-25-18(24)22-16(9-13(2)3)11-21-17(23)12-20-15-7-5-14(10-19)6-8-15/h5-8,13,16,20H,4,9,11-12H2,1-3H3,(H,21,23)(H,22,24). The average Bonchev–Trinajstić information content (AvgIpc) is 2.58. The van der Waals surface area contributed by atoms with Crippen LogP contribution in [0, 0.1) is 17.2 Å². The van der Waals surface area contributed by atoms with Crippen molar-refractivity contribution in [3.8, 4) is 6.07 Å². The van der Waals surface area contributed by atoms with E-state index in [4.69, 9.17) is 10.00 Å². The highest BCUT2D eigenvalue weighted by atomic mass is 16.5. The van der Waals surface area contributed by atoms with Gasteiger partial charge >= 0.3 is 6.09 Å². The minimum atomic E-state index is -0.474. The van der Waals surface area contributed by atoms with Crippen molar-refractivity contribution in [2.45, 2.75) is 33.2 Å². The molecular formula is C18H26N4O3. The molecule has 1 aromatic rings. The molecule has 25 heavy (non-hydrogen) atoms. The molecule has 0 saturated carbocycles. The van der Waals surface area contributed by atoms with Crippen LogP contribution in [0.1, 0.15) is 32.8 Å².